The third kappa shape index (κ3) is 10.6. The van der Waals surface area contributed by atoms with Gasteiger partial charge >= 0.3 is 24.3 Å². The highest BCUT2D eigenvalue weighted by Gasteiger charge is 2.50. The predicted molar refractivity (Wildman–Crippen MR) is 176 cm³/mol. The lowest BCUT2D eigenvalue weighted by Gasteiger charge is -2.28. The van der Waals surface area contributed by atoms with E-state index in [-0.39, 0.29) is 45.1 Å². The molecule has 3 unspecified atom stereocenters. The molecule has 2 aromatic carbocycles. The van der Waals surface area contributed by atoms with Gasteiger partial charge in [0, 0.05) is 27.5 Å². The van der Waals surface area contributed by atoms with E-state index in [4.69, 9.17) is 37.8 Å². The zero-order valence-electron chi connectivity index (χ0n) is 26.6. The van der Waals surface area contributed by atoms with Crippen molar-refractivity contribution in [3.63, 3.8) is 0 Å². The lowest BCUT2D eigenvalue weighted by molar-refractivity contribution is -0.188. The average Bonchev–Trinajstić information content (AvgIpc) is 2.97. The number of carbonyl (C=O) groups excluding carboxylic acids is 1. The van der Waals surface area contributed by atoms with Crippen molar-refractivity contribution >= 4 is 69.9 Å². The summed E-state index contributed by atoms with van der Waals surface area (Å²) in [5.74, 6) is -1.37. The monoisotopic (exact) mass is 776 g/mol. The Balaban J connectivity index is 0.000000267. The molecule has 2 heterocycles. The topological polar surface area (TPSA) is 99.1 Å². The highest BCUT2D eigenvalue weighted by atomic mass is 35.5. The number of aliphatic carboxylic acids is 1. The number of thioether (sulfide) groups is 1. The van der Waals surface area contributed by atoms with E-state index in [0.29, 0.717) is 21.6 Å². The normalized spacial score (nSPS) is 17.8. The number of carboxylic acid groups (broad SMARTS) is 1. The van der Waals surface area contributed by atoms with Crippen LogP contribution in [0.25, 0.3) is 12.2 Å². The van der Waals surface area contributed by atoms with Crippen molar-refractivity contribution in [2.24, 2.45) is 11.8 Å². The quantitative estimate of drug-likeness (QED) is 0.153. The molecule has 2 aliphatic heterocycles. The van der Waals surface area contributed by atoms with Gasteiger partial charge in [0.05, 0.1) is 43.5 Å². The number of esters is 1. The van der Waals surface area contributed by atoms with Crippen molar-refractivity contribution in [1.29, 1.82) is 0 Å². The number of hydrogen-bond acceptors (Lipinski definition) is 7. The predicted octanol–water partition coefficient (Wildman–Crippen LogP) is 9.25. The van der Waals surface area contributed by atoms with Crippen LogP contribution in [0.1, 0.15) is 45.7 Å². The number of benzene rings is 2. The second-order valence-electron chi connectivity index (χ2n) is 11.6. The molecule has 0 amide bonds. The molecule has 0 spiro atoms. The molecule has 3 atom stereocenters. The first-order chi connectivity index (χ1) is 22.6. The fourth-order valence-electron chi connectivity index (χ4n) is 4.37. The van der Waals surface area contributed by atoms with Gasteiger partial charge in [-0.2, -0.15) is 26.3 Å². The van der Waals surface area contributed by atoms with E-state index >= 15 is 0 Å². The number of alkyl halides is 6. The van der Waals surface area contributed by atoms with Gasteiger partial charge in [-0.3, -0.25) is 4.21 Å². The first-order valence-corrected chi connectivity index (χ1v) is 17.7. The van der Waals surface area contributed by atoms with Crippen LogP contribution >= 0.6 is 35.0 Å². The van der Waals surface area contributed by atoms with Gasteiger partial charge in [-0.1, -0.05) is 50.9 Å². The van der Waals surface area contributed by atoms with Crippen LogP contribution in [0.15, 0.2) is 45.2 Å². The molecule has 270 valence electrons. The molecule has 17 heteroatoms. The van der Waals surface area contributed by atoms with Gasteiger partial charge in [-0.15, -0.1) is 11.8 Å². The van der Waals surface area contributed by atoms with Crippen LogP contribution in [0.4, 0.5) is 26.3 Å². The maximum atomic E-state index is 13.3. The molecule has 0 saturated heterocycles. The maximum absolute atomic E-state index is 13.3. The highest BCUT2D eigenvalue weighted by Crippen LogP contribution is 2.43. The Morgan fingerprint density at radius 2 is 1.39 bits per heavy atom. The molecular weight excluding hydrogens is 745 g/mol. The van der Waals surface area contributed by atoms with Crippen molar-refractivity contribution in [3.8, 4) is 11.5 Å². The van der Waals surface area contributed by atoms with E-state index in [0.717, 1.165) is 17.9 Å². The number of halogens is 8. The van der Waals surface area contributed by atoms with E-state index in [1.807, 2.05) is 27.7 Å². The first-order valence-electron chi connectivity index (χ1n) is 14.6. The molecule has 49 heavy (non-hydrogen) atoms. The fourth-order valence-corrected chi connectivity index (χ4v) is 7.34. The zero-order chi connectivity index (χ0) is 37.0. The fraction of sp³-hybridized carbons (Fsp3) is 0.438. The summed E-state index contributed by atoms with van der Waals surface area (Å²) in [4.78, 5) is 23.8. The molecule has 0 saturated carbocycles. The van der Waals surface area contributed by atoms with Crippen molar-refractivity contribution in [3.05, 3.63) is 56.6 Å². The Morgan fingerprint density at radius 1 is 0.878 bits per heavy atom. The van der Waals surface area contributed by atoms with Crippen molar-refractivity contribution in [2.45, 2.75) is 69.0 Å². The smallest absolute Gasteiger partial charge is 0.430 e. The first kappa shape index (κ1) is 40.5. The van der Waals surface area contributed by atoms with E-state index in [1.165, 1.54) is 43.0 Å². The summed E-state index contributed by atoms with van der Waals surface area (Å²) in [7, 11) is -1.48. The number of rotatable bonds is 9. The minimum Gasteiger partial charge on any atom is -0.478 e. The van der Waals surface area contributed by atoms with Crippen molar-refractivity contribution in [1.82, 2.24) is 0 Å². The molecule has 0 radical (unpaired) electrons. The molecule has 1 N–H and O–H groups in total. The highest BCUT2D eigenvalue weighted by molar-refractivity contribution is 7.99. The average molecular weight is 778 g/mol. The molecule has 0 fully saturated rings. The molecule has 0 bridgehead atoms. The molecular formula is C32H32Cl2F6O7S2. The number of fused-ring (bicyclic) bond motifs is 2. The number of carboxylic acids is 1. The van der Waals surface area contributed by atoms with Gasteiger partial charge in [-0.05, 0) is 55.2 Å². The van der Waals surface area contributed by atoms with Gasteiger partial charge in [0.15, 0.2) is 0 Å². The Labute approximate surface area is 295 Å². The summed E-state index contributed by atoms with van der Waals surface area (Å²) in [5.41, 5.74) is -1.09. The summed E-state index contributed by atoms with van der Waals surface area (Å²) in [6.07, 6.45) is -12.6. The summed E-state index contributed by atoms with van der Waals surface area (Å²) in [6, 6.07) is 5.44. The van der Waals surface area contributed by atoms with E-state index in [2.05, 4.69) is 4.74 Å². The molecule has 7 nitrogen and oxygen atoms in total. The standard InChI is InChI=1S/C17H18ClF3O4S.C15H14ClF3O3S/c1-4-24-16(22)11-5-10-6-12(18)14(26(23)8-9(2)3)7-13(10)25-15(11)17(19,20)21;1-7(2)6-23-12-5-11-8(4-10(12)16)3-9(14(20)21)13(22-11)15(17,18)19/h5-7,9,15H,4,8H2,1-3H3;3-5,7,13H,6H2,1-2H3,(H,20,21). The minimum atomic E-state index is -4.81. The molecule has 2 aromatic rings. The Hall–Kier alpha value is -2.88. The number of ether oxygens (including phenoxy) is 3. The maximum Gasteiger partial charge on any atom is 0.430 e. The van der Waals surface area contributed by atoms with Gasteiger partial charge in [0.25, 0.3) is 0 Å². The van der Waals surface area contributed by atoms with Crippen molar-refractivity contribution in [2.75, 3.05) is 18.1 Å². The third-order valence-electron chi connectivity index (χ3n) is 6.46. The second-order valence-corrected chi connectivity index (χ2v) is 14.9. The van der Waals surface area contributed by atoms with E-state index < -0.39 is 58.4 Å². The van der Waals surface area contributed by atoms with Crippen LogP contribution in [-0.2, 0) is 25.1 Å². The Kier molecular flexibility index (Phi) is 13.6. The van der Waals surface area contributed by atoms with Gasteiger partial charge < -0.3 is 19.3 Å². The Morgan fingerprint density at radius 3 is 1.88 bits per heavy atom. The lowest BCUT2D eigenvalue weighted by Crippen LogP contribution is -2.40. The van der Waals surface area contributed by atoms with Crippen molar-refractivity contribution < 1.29 is 59.5 Å². The van der Waals surface area contributed by atoms with Gasteiger partial charge in [0.2, 0.25) is 12.2 Å². The summed E-state index contributed by atoms with van der Waals surface area (Å²) in [5, 5.41) is 9.47. The SMILES string of the molecule is CC(C)CSc1cc2c(cc1Cl)C=C(C(=O)O)C(C(F)(F)F)O2.CCOC(=O)C1=Cc2cc(Cl)c(S(=O)CC(C)C)cc2OC1C(F)(F)F. The van der Waals surface area contributed by atoms with Crippen LogP contribution < -0.4 is 9.47 Å². The van der Waals surface area contributed by atoms with Gasteiger partial charge in [0.1, 0.15) is 11.5 Å². The molecule has 4 rings (SSSR count). The Bertz CT molecular complexity index is 1660. The lowest BCUT2D eigenvalue weighted by atomic mass is 10.0. The second kappa shape index (κ2) is 16.4. The van der Waals surface area contributed by atoms with Crippen LogP contribution in [0, 0.1) is 11.8 Å². The molecule has 2 aliphatic rings. The van der Waals surface area contributed by atoms with Crippen LogP contribution in [0.5, 0.6) is 11.5 Å². The van der Waals surface area contributed by atoms with Gasteiger partial charge in [-0.25, -0.2) is 9.59 Å². The van der Waals surface area contributed by atoms with Crippen LogP contribution in [0.2, 0.25) is 10.0 Å². The largest absolute Gasteiger partial charge is 0.478 e. The summed E-state index contributed by atoms with van der Waals surface area (Å²) in [6.45, 7) is 9.19. The van der Waals surface area contributed by atoms with Crippen LogP contribution in [-0.4, -0.2) is 63.9 Å². The molecule has 0 aromatic heterocycles. The number of carbonyl (C=O) groups is 2. The van der Waals surface area contributed by atoms with E-state index in [1.54, 1.807) is 0 Å². The third-order valence-corrected chi connectivity index (χ3v) is 10.6. The molecule has 0 aliphatic carbocycles. The summed E-state index contributed by atoms with van der Waals surface area (Å²) >= 11 is 13.7. The minimum absolute atomic E-state index is 0.0204. The van der Waals surface area contributed by atoms with Crippen LogP contribution in [0.3, 0.4) is 0 Å². The summed E-state index contributed by atoms with van der Waals surface area (Å²) < 4.78 is 106. The zero-order valence-corrected chi connectivity index (χ0v) is 29.8. The number of hydrogen-bond donors (Lipinski definition) is 1. The van der Waals surface area contributed by atoms with E-state index in [9.17, 15) is 40.1 Å².